The molecule has 0 spiro atoms. The van der Waals surface area contributed by atoms with Gasteiger partial charge in [-0.1, -0.05) is 35.9 Å². The fourth-order valence-electron chi connectivity index (χ4n) is 3.28. The molecular weight excluding hydrogens is 376 g/mol. The lowest BCUT2D eigenvalue weighted by molar-refractivity contribution is 0.0374. The molecule has 0 atom stereocenters. The van der Waals surface area contributed by atoms with E-state index in [0.717, 1.165) is 75.0 Å². The van der Waals surface area contributed by atoms with Crippen LogP contribution < -0.4 is 14.8 Å². The molecule has 3 rings (SSSR count). The van der Waals surface area contributed by atoms with E-state index in [1.165, 1.54) is 0 Å². The number of morpholine rings is 1. The van der Waals surface area contributed by atoms with Crippen molar-refractivity contribution in [3.63, 3.8) is 0 Å². The second-order valence-corrected chi connectivity index (χ2v) is 7.29. The number of nitrogens with one attached hydrogen (secondary N) is 1. The summed E-state index contributed by atoms with van der Waals surface area (Å²) in [6.45, 7) is 7.04. The molecule has 0 unspecified atom stereocenters. The van der Waals surface area contributed by atoms with Gasteiger partial charge in [0.1, 0.15) is 6.61 Å². The molecule has 1 aliphatic heterocycles. The lowest BCUT2D eigenvalue weighted by atomic mass is 10.1. The minimum Gasteiger partial charge on any atom is -0.493 e. The Morgan fingerprint density at radius 1 is 1.14 bits per heavy atom. The number of hydrogen-bond donors (Lipinski definition) is 1. The second kappa shape index (κ2) is 11.3. The molecule has 5 nitrogen and oxygen atoms in total. The van der Waals surface area contributed by atoms with Crippen LogP contribution in [-0.2, 0) is 17.9 Å². The van der Waals surface area contributed by atoms with Crippen LogP contribution >= 0.6 is 11.6 Å². The van der Waals surface area contributed by atoms with E-state index in [2.05, 4.69) is 16.3 Å². The molecule has 0 saturated carbocycles. The highest BCUT2D eigenvalue weighted by Crippen LogP contribution is 2.32. The Morgan fingerprint density at radius 2 is 1.96 bits per heavy atom. The van der Waals surface area contributed by atoms with E-state index >= 15 is 0 Å². The Hall–Kier alpha value is -1.79. The molecule has 1 fully saturated rings. The Balaban J connectivity index is 1.51. The first-order valence-electron chi connectivity index (χ1n) is 9.80. The molecule has 2 aromatic carbocycles. The molecule has 1 N–H and O–H groups in total. The molecule has 0 bridgehead atoms. The molecule has 0 radical (unpaired) electrons. The zero-order valence-electron chi connectivity index (χ0n) is 16.5. The molecular formula is C22H29ClN2O3. The number of benzene rings is 2. The van der Waals surface area contributed by atoms with E-state index in [1.807, 2.05) is 36.4 Å². The summed E-state index contributed by atoms with van der Waals surface area (Å²) in [6.07, 6.45) is 1.11. The van der Waals surface area contributed by atoms with Crippen LogP contribution in [-0.4, -0.2) is 51.4 Å². The minimum absolute atomic E-state index is 0.449. The summed E-state index contributed by atoms with van der Waals surface area (Å²) in [5.41, 5.74) is 2.12. The number of ether oxygens (including phenoxy) is 3. The normalized spacial score (nSPS) is 14.8. The predicted octanol–water partition coefficient (Wildman–Crippen LogP) is 3.74. The average molecular weight is 405 g/mol. The number of nitrogens with zero attached hydrogens (tertiary/aromatic N) is 1. The SMILES string of the molecule is COc1cccc(CNCCCN2CCOCC2)c1OCc1cccc(Cl)c1. The van der Waals surface area contributed by atoms with E-state index in [9.17, 15) is 0 Å². The third kappa shape index (κ3) is 6.38. The van der Waals surface area contributed by atoms with Gasteiger partial charge in [-0.05, 0) is 43.3 Å². The number of para-hydroxylation sites is 1. The minimum atomic E-state index is 0.449. The first-order valence-corrected chi connectivity index (χ1v) is 10.2. The third-order valence-electron chi connectivity index (χ3n) is 4.80. The van der Waals surface area contributed by atoms with Gasteiger partial charge in [0.05, 0.1) is 20.3 Å². The van der Waals surface area contributed by atoms with E-state index < -0.39 is 0 Å². The maximum atomic E-state index is 6.11. The van der Waals surface area contributed by atoms with Crippen molar-refractivity contribution in [1.82, 2.24) is 10.2 Å². The molecule has 152 valence electrons. The number of halogens is 1. The molecule has 6 heteroatoms. The van der Waals surface area contributed by atoms with E-state index in [-0.39, 0.29) is 0 Å². The van der Waals surface area contributed by atoms with Gasteiger partial charge in [0.25, 0.3) is 0 Å². The predicted molar refractivity (Wildman–Crippen MR) is 112 cm³/mol. The molecule has 28 heavy (non-hydrogen) atoms. The van der Waals surface area contributed by atoms with Crippen LogP contribution in [0, 0.1) is 0 Å². The van der Waals surface area contributed by atoms with Crippen LogP contribution in [0.5, 0.6) is 11.5 Å². The molecule has 0 amide bonds. The van der Waals surface area contributed by atoms with Gasteiger partial charge in [-0.2, -0.15) is 0 Å². The van der Waals surface area contributed by atoms with Crippen molar-refractivity contribution < 1.29 is 14.2 Å². The summed E-state index contributed by atoms with van der Waals surface area (Å²) in [5, 5.41) is 4.24. The van der Waals surface area contributed by atoms with Crippen molar-refractivity contribution in [2.75, 3.05) is 46.5 Å². The third-order valence-corrected chi connectivity index (χ3v) is 5.03. The van der Waals surface area contributed by atoms with Gasteiger partial charge >= 0.3 is 0 Å². The smallest absolute Gasteiger partial charge is 0.166 e. The van der Waals surface area contributed by atoms with Crippen LogP contribution in [0.2, 0.25) is 5.02 Å². The molecule has 1 aliphatic rings. The monoisotopic (exact) mass is 404 g/mol. The summed E-state index contributed by atoms with van der Waals surface area (Å²) in [5.74, 6) is 1.53. The fraction of sp³-hybridized carbons (Fsp3) is 0.455. The Kier molecular flexibility index (Phi) is 8.42. The molecule has 0 aliphatic carbocycles. The molecule has 1 saturated heterocycles. The van der Waals surface area contributed by atoms with Crippen LogP contribution in [0.3, 0.4) is 0 Å². The van der Waals surface area contributed by atoms with Gasteiger partial charge in [0.2, 0.25) is 0 Å². The number of rotatable bonds is 10. The van der Waals surface area contributed by atoms with E-state index in [4.69, 9.17) is 25.8 Å². The molecule has 1 heterocycles. The van der Waals surface area contributed by atoms with Gasteiger partial charge in [-0.15, -0.1) is 0 Å². The standard InChI is InChI=1S/C22H29ClN2O3/c1-26-21-8-3-6-19(16-24-9-4-10-25-11-13-27-14-12-25)22(21)28-17-18-5-2-7-20(23)15-18/h2-3,5-8,15,24H,4,9-14,16-17H2,1H3. The van der Waals surface area contributed by atoms with E-state index in [0.29, 0.717) is 11.6 Å². The highest BCUT2D eigenvalue weighted by atomic mass is 35.5. The van der Waals surface area contributed by atoms with Crippen LogP contribution in [0.1, 0.15) is 17.5 Å². The first-order chi connectivity index (χ1) is 13.8. The van der Waals surface area contributed by atoms with Crippen molar-refractivity contribution in [2.45, 2.75) is 19.6 Å². The van der Waals surface area contributed by atoms with Crippen molar-refractivity contribution in [2.24, 2.45) is 0 Å². The fourth-order valence-corrected chi connectivity index (χ4v) is 3.50. The van der Waals surface area contributed by atoms with Gasteiger partial charge in [-0.3, -0.25) is 4.90 Å². The van der Waals surface area contributed by atoms with Gasteiger partial charge in [0, 0.05) is 30.2 Å². The van der Waals surface area contributed by atoms with Crippen molar-refractivity contribution in [3.8, 4) is 11.5 Å². The maximum Gasteiger partial charge on any atom is 0.166 e. The largest absolute Gasteiger partial charge is 0.493 e. The summed E-state index contributed by atoms with van der Waals surface area (Å²) >= 11 is 6.07. The lowest BCUT2D eigenvalue weighted by Gasteiger charge is -2.26. The van der Waals surface area contributed by atoms with Gasteiger partial charge in [-0.25, -0.2) is 0 Å². The Bertz CT molecular complexity index is 735. The number of methoxy groups -OCH3 is 1. The van der Waals surface area contributed by atoms with Crippen LogP contribution in [0.25, 0.3) is 0 Å². The first kappa shape index (κ1) is 20.9. The molecule has 2 aromatic rings. The van der Waals surface area contributed by atoms with Crippen molar-refractivity contribution in [3.05, 3.63) is 58.6 Å². The van der Waals surface area contributed by atoms with Crippen LogP contribution in [0.15, 0.2) is 42.5 Å². The van der Waals surface area contributed by atoms with Crippen molar-refractivity contribution in [1.29, 1.82) is 0 Å². The van der Waals surface area contributed by atoms with Gasteiger partial charge < -0.3 is 19.5 Å². The topological polar surface area (TPSA) is 43.0 Å². The van der Waals surface area contributed by atoms with E-state index in [1.54, 1.807) is 7.11 Å². The summed E-state index contributed by atoms with van der Waals surface area (Å²) in [6, 6.07) is 13.7. The van der Waals surface area contributed by atoms with Crippen molar-refractivity contribution >= 4 is 11.6 Å². The molecule has 0 aromatic heterocycles. The summed E-state index contributed by atoms with van der Waals surface area (Å²) < 4.78 is 17.0. The lowest BCUT2D eigenvalue weighted by Crippen LogP contribution is -2.37. The second-order valence-electron chi connectivity index (χ2n) is 6.85. The quantitative estimate of drug-likeness (QED) is 0.611. The Labute approximate surface area is 172 Å². The highest BCUT2D eigenvalue weighted by molar-refractivity contribution is 6.30. The maximum absolute atomic E-state index is 6.11. The summed E-state index contributed by atoms with van der Waals surface area (Å²) in [7, 11) is 1.67. The number of hydrogen-bond acceptors (Lipinski definition) is 5. The Morgan fingerprint density at radius 3 is 2.75 bits per heavy atom. The summed E-state index contributed by atoms with van der Waals surface area (Å²) in [4.78, 5) is 2.45. The highest BCUT2D eigenvalue weighted by Gasteiger charge is 2.12. The average Bonchev–Trinajstić information content (AvgIpc) is 2.73. The van der Waals surface area contributed by atoms with Gasteiger partial charge in [0.15, 0.2) is 11.5 Å². The zero-order valence-corrected chi connectivity index (χ0v) is 17.2. The van der Waals surface area contributed by atoms with Crippen LogP contribution in [0.4, 0.5) is 0 Å². The zero-order chi connectivity index (χ0) is 19.6.